The number of nitrogens with zero attached hydrogens (tertiary/aromatic N) is 3. The topological polar surface area (TPSA) is 105 Å². The third-order valence-electron chi connectivity index (χ3n) is 8.19. The van der Waals surface area contributed by atoms with Crippen LogP contribution in [0.25, 0.3) is 10.6 Å². The van der Waals surface area contributed by atoms with Crippen molar-refractivity contribution in [3.8, 4) is 10.6 Å². The summed E-state index contributed by atoms with van der Waals surface area (Å²) < 4.78 is 33.4. The molecule has 0 bridgehead atoms. The van der Waals surface area contributed by atoms with Gasteiger partial charge in [-0.1, -0.05) is 43.3 Å². The zero-order valence-electron chi connectivity index (χ0n) is 25.1. The fourth-order valence-corrected chi connectivity index (χ4v) is 8.31. The fourth-order valence-electron chi connectivity index (χ4n) is 5.98. The molecule has 230 valence electrons. The average Bonchev–Trinajstić information content (AvgIpc) is 3.82. The third-order valence-corrected chi connectivity index (χ3v) is 11.2. The van der Waals surface area contributed by atoms with Crippen LogP contribution in [-0.2, 0) is 10.0 Å². The van der Waals surface area contributed by atoms with E-state index in [0.717, 1.165) is 53.9 Å². The monoisotopic (exact) mass is 621 g/mol. The minimum Gasteiger partial charge on any atom is -0.399 e. The maximum atomic E-state index is 12.7. The van der Waals surface area contributed by atoms with Gasteiger partial charge in [0.15, 0.2) is 5.76 Å². The summed E-state index contributed by atoms with van der Waals surface area (Å²) in [5.74, 6) is 1.81. The zero-order valence-corrected chi connectivity index (χ0v) is 26.7. The molecule has 0 amide bonds. The smallest absolute Gasteiger partial charge is 0.271 e. The number of anilines is 2. The molecule has 2 aromatic heterocycles. The summed E-state index contributed by atoms with van der Waals surface area (Å²) in [7, 11) is -3.63. The Morgan fingerprint density at radius 2 is 1.44 bits per heavy atom. The first-order valence-electron chi connectivity index (χ1n) is 15.3. The highest BCUT2D eigenvalue weighted by atomic mass is 32.2. The quantitative estimate of drug-likeness (QED) is 0.186. The largest absolute Gasteiger partial charge is 0.399 e. The summed E-state index contributed by atoms with van der Waals surface area (Å²) in [5.41, 5.74) is 9.84. The maximum absolute atomic E-state index is 12.7. The SMILES string of the molecule is CCCN1CC[C@@H](c2ccc(N)cc2)C1.CCCN1CC[C@@H](c2ccc(NS(=O)(=O)c3ccc(-c4ccno4)s3)cc2)C1. The number of hydrogen-bond acceptors (Lipinski definition) is 8. The molecule has 4 heterocycles. The summed E-state index contributed by atoms with van der Waals surface area (Å²) in [5, 5.41) is 3.66. The molecule has 0 saturated carbocycles. The second kappa shape index (κ2) is 14.5. The number of likely N-dealkylation sites (tertiary alicyclic amines) is 2. The first-order chi connectivity index (χ1) is 20.8. The standard InChI is InChI=1S/C20H23N3O3S2.C13H20N2/c1-2-12-23-13-10-16(14-23)15-3-5-17(6-4-15)22-28(24,25)20-8-7-19(27-20)18-9-11-21-26-18;1-2-8-15-9-7-12(10-15)11-3-5-13(14)6-4-11/h3-9,11,16,22H,2,10,12-14H2,1H3;3-6,12H,2,7-10,14H2,1H3/t16-;12-/m11/s1. The van der Waals surface area contributed by atoms with Crippen LogP contribution in [0.5, 0.6) is 0 Å². The van der Waals surface area contributed by atoms with Crippen LogP contribution in [0.2, 0.25) is 0 Å². The van der Waals surface area contributed by atoms with Crippen molar-refractivity contribution >= 4 is 32.7 Å². The van der Waals surface area contributed by atoms with Crippen molar-refractivity contribution in [3.05, 3.63) is 84.1 Å². The Bertz CT molecular complexity index is 1520. The zero-order chi connectivity index (χ0) is 30.2. The molecular weight excluding hydrogens is 579 g/mol. The van der Waals surface area contributed by atoms with Gasteiger partial charge in [-0.2, -0.15) is 0 Å². The van der Waals surface area contributed by atoms with E-state index in [9.17, 15) is 8.42 Å². The third kappa shape index (κ3) is 8.26. The molecule has 10 heteroatoms. The summed E-state index contributed by atoms with van der Waals surface area (Å²) >= 11 is 1.16. The van der Waals surface area contributed by atoms with Crippen molar-refractivity contribution < 1.29 is 12.9 Å². The lowest BCUT2D eigenvalue weighted by molar-refractivity contribution is 0.335. The van der Waals surface area contributed by atoms with E-state index in [0.29, 0.717) is 17.4 Å². The Morgan fingerprint density at radius 1 is 0.860 bits per heavy atom. The molecule has 2 aromatic carbocycles. The number of nitrogen functional groups attached to an aromatic ring is 1. The van der Waals surface area contributed by atoms with Gasteiger partial charge in [-0.15, -0.1) is 11.3 Å². The van der Waals surface area contributed by atoms with Gasteiger partial charge in [-0.05, 0) is 111 Å². The molecule has 2 atom stereocenters. The lowest BCUT2D eigenvalue weighted by atomic mass is 9.98. The van der Waals surface area contributed by atoms with Crippen molar-refractivity contribution in [2.24, 2.45) is 0 Å². The first kappa shape index (κ1) is 31.3. The number of nitrogens with two attached hydrogens (primary N) is 1. The Balaban J connectivity index is 0.000000207. The lowest BCUT2D eigenvalue weighted by Crippen LogP contribution is -2.20. The molecule has 3 N–H and O–H groups in total. The van der Waals surface area contributed by atoms with Crippen LogP contribution in [0.15, 0.2) is 81.7 Å². The molecule has 2 aliphatic rings. The minimum atomic E-state index is -3.63. The van der Waals surface area contributed by atoms with E-state index in [2.05, 4.69) is 45.7 Å². The number of nitrogens with one attached hydrogen (secondary N) is 1. The van der Waals surface area contributed by atoms with Gasteiger partial charge in [0.05, 0.1) is 11.1 Å². The predicted octanol–water partition coefficient (Wildman–Crippen LogP) is 6.87. The molecule has 0 spiro atoms. The van der Waals surface area contributed by atoms with Gasteiger partial charge < -0.3 is 20.1 Å². The van der Waals surface area contributed by atoms with Crippen LogP contribution in [0, 0.1) is 0 Å². The molecule has 8 nitrogen and oxygen atoms in total. The number of benzene rings is 2. The highest BCUT2D eigenvalue weighted by Crippen LogP contribution is 2.33. The van der Waals surface area contributed by atoms with Crippen LogP contribution in [0.1, 0.15) is 62.5 Å². The lowest BCUT2D eigenvalue weighted by Gasteiger charge is -2.15. The Kier molecular flexibility index (Phi) is 10.6. The summed E-state index contributed by atoms with van der Waals surface area (Å²) in [6, 6.07) is 21.2. The molecular formula is C33H43N5O3S2. The van der Waals surface area contributed by atoms with E-state index in [-0.39, 0.29) is 4.21 Å². The van der Waals surface area contributed by atoms with E-state index >= 15 is 0 Å². The van der Waals surface area contributed by atoms with Crippen LogP contribution >= 0.6 is 11.3 Å². The summed E-state index contributed by atoms with van der Waals surface area (Å²) in [4.78, 5) is 5.77. The molecule has 4 aromatic rings. The molecule has 2 aliphatic heterocycles. The molecule has 0 aliphatic carbocycles. The van der Waals surface area contributed by atoms with Crippen LogP contribution in [-0.4, -0.2) is 62.6 Å². The van der Waals surface area contributed by atoms with Crippen LogP contribution < -0.4 is 10.5 Å². The van der Waals surface area contributed by atoms with E-state index in [1.165, 1.54) is 56.2 Å². The van der Waals surface area contributed by atoms with Crippen molar-refractivity contribution in [1.82, 2.24) is 15.0 Å². The highest BCUT2D eigenvalue weighted by molar-refractivity contribution is 7.94. The van der Waals surface area contributed by atoms with Gasteiger partial charge in [-0.3, -0.25) is 4.72 Å². The van der Waals surface area contributed by atoms with Crippen molar-refractivity contribution in [2.75, 3.05) is 49.7 Å². The van der Waals surface area contributed by atoms with Gasteiger partial charge in [0.2, 0.25) is 0 Å². The summed E-state index contributed by atoms with van der Waals surface area (Å²) in [6.45, 7) is 11.5. The summed E-state index contributed by atoms with van der Waals surface area (Å²) in [6.07, 6.45) is 6.42. The molecule has 0 unspecified atom stereocenters. The van der Waals surface area contributed by atoms with Gasteiger partial charge in [0.25, 0.3) is 10.0 Å². The number of aromatic nitrogens is 1. The van der Waals surface area contributed by atoms with E-state index in [1.54, 1.807) is 18.2 Å². The number of sulfonamides is 1. The highest BCUT2D eigenvalue weighted by Gasteiger charge is 2.24. The molecule has 2 saturated heterocycles. The minimum absolute atomic E-state index is 0.244. The maximum Gasteiger partial charge on any atom is 0.271 e. The number of rotatable bonds is 10. The van der Waals surface area contributed by atoms with Crippen molar-refractivity contribution in [1.29, 1.82) is 0 Å². The predicted molar refractivity (Wildman–Crippen MR) is 176 cm³/mol. The first-order valence-corrected chi connectivity index (χ1v) is 17.6. The Hall–Kier alpha value is -3.18. The van der Waals surface area contributed by atoms with Gasteiger partial charge in [0, 0.05) is 30.5 Å². The number of hydrogen-bond donors (Lipinski definition) is 2. The number of thiophene rings is 1. The molecule has 2 fully saturated rings. The molecule has 6 rings (SSSR count). The van der Waals surface area contributed by atoms with Crippen molar-refractivity contribution in [2.45, 2.75) is 55.6 Å². The van der Waals surface area contributed by atoms with Gasteiger partial charge in [-0.25, -0.2) is 8.42 Å². The molecule has 43 heavy (non-hydrogen) atoms. The Morgan fingerprint density at radius 3 is 1.98 bits per heavy atom. The van der Waals surface area contributed by atoms with E-state index < -0.39 is 10.0 Å². The average molecular weight is 622 g/mol. The fraction of sp³-hybridized carbons (Fsp3) is 0.424. The van der Waals surface area contributed by atoms with Gasteiger partial charge >= 0.3 is 0 Å². The van der Waals surface area contributed by atoms with E-state index in [4.69, 9.17) is 10.3 Å². The van der Waals surface area contributed by atoms with Gasteiger partial charge in [0.1, 0.15) is 4.21 Å². The van der Waals surface area contributed by atoms with Crippen LogP contribution in [0.4, 0.5) is 11.4 Å². The van der Waals surface area contributed by atoms with E-state index in [1.807, 2.05) is 36.4 Å². The molecule has 0 radical (unpaired) electrons. The van der Waals surface area contributed by atoms with Crippen LogP contribution in [0.3, 0.4) is 0 Å². The second-order valence-corrected chi connectivity index (χ2v) is 14.5. The normalized spacial score (nSPS) is 19.3. The Labute approximate surface area is 259 Å². The second-order valence-electron chi connectivity index (χ2n) is 11.5. The van der Waals surface area contributed by atoms with Crippen molar-refractivity contribution in [3.63, 3.8) is 0 Å².